The van der Waals surface area contributed by atoms with E-state index in [2.05, 4.69) is 4.74 Å². The molecule has 1 rings (SSSR count). The first-order valence-corrected chi connectivity index (χ1v) is 3.74. The van der Waals surface area contributed by atoms with Crippen molar-refractivity contribution in [2.75, 3.05) is 0 Å². The minimum atomic E-state index is 0.370. The van der Waals surface area contributed by atoms with Crippen LogP contribution in [0.5, 0.6) is 11.5 Å². The Balaban J connectivity index is 2.92. The molecule has 0 aliphatic rings. The lowest BCUT2D eigenvalue weighted by atomic mass is 10.3. The van der Waals surface area contributed by atoms with Gasteiger partial charge in [-0.25, -0.2) is 0 Å². The van der Waals surface area contributed by atoms with Gasteiger partial charge in [0.05, 0.1) is 0 Å². The molecule has 0 unspecified atom stereocenters. The van der Waals surface area contributed by atoms with Crippen LogP contribution in [0.2, 0.25) is 0 Å². The average Bonchev–Trinajstić information content (AvgIpc) is 2.06. The maximum atomic E-state index is 9.96. The quantitative estimate of drug-likeness (QED) is 0.618. The van der Waals surface area contributed by atoms with Gasteiger partial charge < -0.3 is 7.80 Å². The van der Waals surface area contributed by atoms with Gasteiger partial charge in [-0.05, 0) is 12.1 Å². The van der Waals surface area contributed by atoms with Gasteiger partial charge in [-0.3, -0.25) is 4.79 Å². The second kappa shape index (κ2) is 4.17. The van der Waals surface area contributed by atoms with Gasteiger partial charge in [0.25, 0.3) is 6.47 Å². The molecule has 0 atom stereocenters. The fourth-order valence-electron chi connectivity index (χ4n) is 0.663. The van der Waals surface area contributed by atoms with E-state index in [9.17, 15) is 4.79 Å². The number of hydrogen-bond donors (Lipinski definition) is 0. The number of ether oxygens (including phenoxy) is 1. The summed E-state index contributed by atoms with van der Waals surface area (Å²) in [7, 11) is 0. The molecule has 4 heteroatoms. The first kappa shape index (κ1) is 8.32. The fourth-order valence-corrected chi connectivity index (χ4v) is 1.03. The lowest BCUT2D eigenvalue weighted by Gasteiger charge is -2.01. The molecule has 0 saturated heterocycles. The van der Waals surface area contributed by atoms with Gasteiger partial charge in [-0.2, -0.15) is 0 Å². The molecular weight excluding hydrogens is 259 g/mol. The molecule has 11 heavy (non-hydrogen) atoms. The standard InChI is InChI=1S/C7H5IO3/c8-11-7-4-2-1-3-6(7)10-5-9/h1-5H. The van der Waals surface area contributed by atoms with Gasteiger partial charge in [0, 0.05) is 0 Å². The van der Waals surface area contributed by atoms with Crippen LogP contribution in [0, 0.1) is 0 Å². The van der Waals surface area contributed by atoms with Crippen molar-refractivity contribution in [1.82, 2.24) is 0 Å². The van der Waals surface area contributed by atoms with Crippen LogP contribution in [0.25, 0.3) is 0 Å². The Morgan fingerprint density at radius 1 is 1.27 bits per heavy atom. The molecule has 0 heterocycles. The van der Waals surface area contributed by atoms with Crippen molar-refractivity contribution in [3.8, 4) is 11.5 Å². The molecule has 0 amide bonds. The predicted molar refractivity (Wildman–Crippen MR) is 47.8 cm³/mol. The van der Waals surface area contributed by atoms with Crippen LogP contribution >= 0.6 is 23.0 Å². The monoisotopic (exact) mass is 264 g/mol. The Bertz CT molecular complexity index is 249. The summed E-state index contributed by atoms with van der Waals surface area (Å²) in [6.07, 6.45) is 0. The summed E-state index contributed by atoms with van der Waals surface area (Å²) in [5.74, 6) is 0.970. The number of carbonyl (C=O) groups excluding carboxylic acids is 1. The molecule has 0 aliphatic carbocycles. The first-order valence-electron chi connectivity index (χ1n) is 2.86. The Kier molecular flexibility index (Phi) is 3.15. The molecule has 3 nitrogen and oxygen atoms in total. The molecule has 0 aromatic heterocycles. The molecular formula is C7H5IO3. The van der Waals surface area contributed by atoms with E-state index >= 15 is 0 Å². The van der Waals surface area contributed by atoms with Crippen LogP contribution in [0.1, 0.15) is 0 Å². The van der Waals surface area contributed by atoms with Crippen molar-refractivity contribution in [3.05, 3.63) is 24.3 Å². The van der Waals surface area contributed by atoms with Crippen molar-refractivity contribution >= 4 is 29.5 Å². The fraction of sp³-hybridized carbons (Fsp3) is 0. The van der Waals surface area contributed by atoms with Crippen molar-refractivity contribution in [2.24, 2.45) is 0 Å². The van der Waals surface area contributed by atoms with E-state index in [0.717, 1.165) is 0 Å². The van der Waals surface area contributed by atoms with Crippen LogP contribution in [-0.2, 0) is 4.79 Å². The zero-order chi connectivity index (χ0) is 8.10. The predicted octanol–water partition coefficient (Wildman–Crippen LogP) is 1.95. The minimum absolute atomic E-state index is 0.370. The summed E-state index contributed by atoms with van der Waals surface area (Å²) in [4.78, 5) is 9.96. The molecule has 0 fully saturated rings. The second-order valence-corrected chi connectivity index (χ2v) is 2.18. The van der Waals surface area contributed by atoms with Gasteiger partial charge in [0.15, 0.2) is 34.5 Å². The van der Waals surface area contributed by atoms with Crippen molar-refractivity contribution < 1.29 is 12.6 Å². The SMILES string of the molecule is O=COc1ccccc1OI. The number of hydrogen-bond acceptors (Lipinski definition) is 3. The van der Waals surface area contributed by atoms with Crippen LogP contribution < -0.4 is 7.80 Å². The van der Waals surface area contributed by atoms with Crippen molar-refractivity contribution in [1.29, 1.82) is 0 Å². The van der Waals surface area contributed by atoms with Gasteiger partial charge in [0.2, 0.25) is 0 Å². The Labute approximate surface area is 78.0 Å². The van der Waals surface area contributed by atoms with E-state index < -0.39 is 0 Å². The third kappa shape index (κ3) is 2.07. The highest BCUT2D eigenvalue weighted by molar-refractivity contribution is 14.1. The van der Waals surface area contributed by atoms with Gasteiger partial charge >= 0.3 is 0 Å². The van der Waals surface area contributed by atoms with Crippen LogP contribution in [-0.4, -0.2) is 6.47 Å². The van der Waals surface area contributed by atoms with E-state index in [1.165, 1.54) is 0 Å². The van der Waals surface area contributed by atoms with Crippen LogP contribution in [0.15, 0.2) is 24.3 Å². The van der Waals surface area contributed by atoms with Gasteiger partial charge in [0.1, 0.15) is 0 Å². The first-order chi connectivity index (χ1) is 5.38. The smallest absolute Gasteiger partial charge is 0.298 e. The zero-order valence-corrected chi connectivity index (χ0v) is 7.65. The van der Waals surface area contributed by atoms with Crippen LogP contribution in [0.4, 0.5) is 0 Å². The van der Waals surface area contributed by atoms with E-state index in [1.54, 1.807) is 47.3 Å². The minimum Gasteiger partial charge on any atom is -0.425 e. The number of rotatable bonds is 3. The van der Waals surface area contributed by atoms with Crippen molar-refractivity contribution in [3.63, 3.8) is 0 Å². The molecule has 1 aromatic carbocycles. The summed E-state index contributed by atoms with van der Waals surface area (Å²) in [6, 6.07) is 6.93. The third-order valence-corrected chi connectivity index (χ3v) is 1.58. The highest BCUT2D eigenvalue weighted by Crippen LogP contribution is 2.27. The number of halogens is 1. The summed E-state index contributed by atoms with van der Waals surface area (Å²) < 4.78 is 9.50. The lowest BCUT2D eigenvalue weighted by molar-refractivity contribution is -0.120. The molecule has 0 saturated carbocycles. The largest absolute Gasteiger partial charge is 0.425 e. The summed E-state index contributed by atoms with van der Waals surface area (Å²) in [5, 5.41) is 0. The molecule has 0 N–H and O–H groups in total. The highest BCUT2D eigenvalue weighted by atomic mass is 127. The maximum absolute atomic E-state index is 9.96. The normalized spacial score (nSPS) is 8.82. The molecule has 58 valence electrons. The topological polar surface area (TPSA) is 35.5 Å². The molecule has 0 radical (unpaired) electrons. The number of carbonyl (C=O) groups is 1. The number of para-hydroxylation sites is 2. The Morgan fingerprint density at radius 2 is 1.91 bits per heavy atom. The molecule has 1 aromatic rings. The van der Waals surface area contributed by atoms with Crippen LogP contribution in [0.3, 0.4) is 0 Å². The average molecular weight is 264 g/mol. The summed E-state index contributed by atoms with van der Waals surface area (Å²) in [6.45, 7) is 0.370. The van der Waals surface area contributed by atoms with Crippen molar-refractivity contribution in [2.45, 2.75) is 0 Å². The van der Waals surface area contributed by atoms with Gasteiger partial charge in [-0.1, -0.05) is 12.1 Å². The maximum Gasteiger partial charge on any atom is 0.298 e. The summed E-state index contributed by atoms with van der Waals surface area (Å²) in [5.41, 5.74) is 0. The Morgan fingerprint density at radius 3 is 2.45 bits per heavy atom. The second-order valence-electron chi connectivity index (χ2n) is 1.74. The van der Waals surface area contributed by atoms with E-state index in [-0.39, 0.29) is 0 Å². The van der Waals surface area contributed by atoms with E-state index in [1.807, 2.05) is 0 Å². The molecule has 0 bridgehead atoms. The summed E-state index contributed by atoms with van der Waals surface area (Å²) >= 11 is 1.72. The number of benzene rings is 1. The lowest BCUT2D eigenvalue weighted by Crippen LogP contribution is -1.89. The van der Waals surface area contributed by atoms with E-state index in [0.29, 0.717) is 18.0 Å². The Hall–Kier alpha value is -0.780. The molecule has 0 spiro atoms. The molecule has 0 aliphatic heterocycles. The van der Waals surface area contributed by atoms with E-state index in [4.69, 9.17) is 3.07 Å². The third-order valence-electron chi connectivity index (χ3n) is 1.11. The zero-order valence-electron chi connectivity index (χ0n) is 5.49. The van der Waals surface area contributed by atoms with Gasteiger partial charge in [-0.15, -0.1) is 0 Å². The highest BCUT2D eigenvalue weighted by Gasteiger charge is 2.00.